The Balaban J connectivity index is 3.23. The van der Waals surface area contributed by atoms with Crippen molar-refractivity contribution in [2.75, 3.05) is 0 Å². The fourth-order valence-corrected chi connectivity index (χ4v) is 3.58. The zero-order chi connectivity index (χ0) is 13.6. The van der Waals surface area contributed by atoms with E-state index in [-0.39, 0.29) is 16.4 Å². The average Bonchev–Trinajstić information content (AvgIpc) is 2.76. The first-order valence-electron chi connectivity index (χ1n) is 5.63. The molecule has 0 aliphatic carbocycles. The maximum atomic E-state index is 11.6. The summed E-state index contributed by atoms with van der Waals surface area (Å²) in [5, 5.41) is 0. The van der Waals surface area contributed by atoms with Crippen molar-refractivity contribution in [3.8, 4) is 0 Å². The fraction of sp³-hybridized carbons (Fsp3) is 0.692. The average molecular weight is 293 g/mol. The van der Waals surface area contributed by atoms with Crippen LogP contribution in [0.3, 0.4) is 0 Å². The highest BCUT2D eigenvalue weighted by Crippen LogP contribution is 2.46. The first-order valence-corrected chi connectivity index (χ1v) is 7.39. The molecule has 0 heterocycles. The standard InChI is InChI=1S/C13H19Cl2OP/c1-12(2,3)7-8(13(4,5)6)9(7)17-11(16)10(14)15/h10H,1-6H3. The van der Waals surface area contributed by atoms with E-state index in [1.807, 2.05) is 0 Å². The highest BCUT2D eigenvalue weighted by Gasteiger charge is 2.36. The van der Waals surface area contributed by atoms with Crippen molar-refractivity contribution in [3.05, 3.63) is 16.1 Å². The van der Waals surface area contributed by atoms with Gasteiger partial charge >= 0.3 is 0 Å². The third kappa shape index (κ3) is 3.56. The minimum absolute atomic E-state index is 0.0827. The van der Waals surface area contributed by atoms with Crippen molar-refractivity contribution in [1.29, 1.82) is 0 Å². The SMILES string of the molecule is CC(C)(C)c1c(C(C)(C)C)c1=PC(=O)C(Cl)Cl. The number of halogens is 2. The summed E-state index contributed by atoms with van der Waals surface area (Å²) in [5.74, 6) is 0. The molecule has 4 heteroatoms. The summed E-state index contributed by atoms with van der Waals surface area (Å²) < 4.78 is 0. The predicted octanol–water partition coefficient (Wildman–Crippen LogP) is 4.97. The van der Waals surface area contributed by atoms with E-state index in [0.717, 1.165) is 4.94 Å². The lowest BCUT2D eigenvalue weighted by Crippen LogP contribution is -2.12. The first-order chi connectivity index (χ1) is 7.46. The quantitative estimate of drug-likeness (QED) is 0.556. The lowest BCUT2D eigenvalue weighted by molar-refractivity contribution is -0.109. The van der Waals surface area contributed by atoms with Gasteiger partial charge in [-0.15, -0.1) is 0 Å². The number of hydrogen-bond acceptors (Lipinski definition) is 1. The predicted molar refractivity (Wildman–Crippen MR) is 76.9 cm³/mol. The molecule has 0 atom stereocenters. The Labute approximate surface area is 115 Å². The summed E-state index contributed by atoms with van der Waals surface area (Å²) in [6.45, 7) is 13.0. The van der Waals surface area contributed by atoms with E-state index in [0.29, 0.717) is 8.20 Å². The molecule has 96 valence electrons. The molecule has 1 nitrogen and oxygen atoms in total. The normalized spacial score (nSPS) is 13.9. The highest BCUT2D eigenvalue weighted by molar-refractivity contribution is 7.52. The molecular formula is C13H19Cl2OP. The maximum absolute atomic E-state index is 11.6. The summed E-state index contributed by atoms with van der Waals surface area (Å²) in [4.78, 5) is 11.8. The van der Waals surface area contributed by atoms with Crippen LogP contribution in [0.2, 0.25) is 0 Å². The molecule has 0 unspecified atom stereocenters. The molecule has 0 amide bonds. The largest absolute Gasteiger partial charge is 0.286 e. The van der Waals surface area contributed by atoms with Gasteiger partial charge in [0.05, 0.1) is 0 Å². The second-order valence-corrected chi connectivity index (χ2v) is 8.56. The van der Waals surface area contributed by atoms with Crippen LogP contribution in [0.4, 0.5) is 0 Å². The first kappa shape index (κ1) is 15.2. The highest BCUT2D eigenvalue weighted by atomic mass is 35.5. The number of rotatable bonds is 2. The van der Waals surface area contributed by atoms with Gasteiger partial charge in [0, 0.05) is 4.94 Å². The van der Waals surface area contributed by atoms with E-state index in [4.69, 9.17) is 23.2 Å². The topological polar surface area (TPSA) is 17.1 Å². The number of carbonyl (C=O) groups is 1. The molecular weight excluding hydrogens is 274 g/mol. The Morgan fingerprint density at radius 1 is 1.00 bits per heavy atom. The Kier molecular flexibility index (Phi) is 4.19. The van der Waals surface area contributed by atoms with E-state index in [1.54, 1.807) is 0 Å². The minimum Gasteiger partial charge on any atom is -0.286 e. The van der Waals surface area contributed by atoms with Gasteiger partial charge in [-0.1, -0.05) is 64.7 Å². The zero-order valence-corrected chi connectivity index (χ0v) is 13.6. The van der Waals surface area contributed by atoms with Crippen molar-refractivity contribution in [1.82, 2.24) is 0 Å². The van der Waals surface area contributed by atoms with Crippen molar-refractivity contribution < 1.29 is 4.79 Å². The Hall–Kier alpha value is 0.160. The maximum Gasteiger partial charge on any atom is 0.214 e. The van der Waals surface area contributed by atoms with Gasteiger partial charge in [0.2, 0.25) is 5.52 Å². The summed E-state index contributed by atoms with van der Waals surface area (Å²) in [6, 6.07) is 0. The molecule has 0 saturated heterocycles. The summed E-state index contributed by atoms with van der Waals surface area (Å²) >= 11 is 11.2. The van der Waals surface area contributed by atoms with Crippen LogP contribution >= 0.6 is 31.4 Å². The Morgan fingerprint density at radius 2 is 1.35 bits per heavy atom. The fourth-order valence-electron chi connectivity index (χ4n) is 1.91. The van der Waals surface area contributed by atoms with Crippen LogP contribution in [0, 0.1) is 4.94 Å². The molecule has 0 aromatic heterocycles. The summed E-state index contributed by atoms with van der Waals surface area (Å²) in [5.41, 5.74) is 2.66. The number of hydrogen-bond donors (Lipinski definition) is 0. The molecule has 0 spiro atoms. The Bertz CT molecular complexity index is 422. The molecule has 0 aliphatic rings. The van der Waals surface area contributed by atoms with Gasteiger partial charge < -0.3 is 0 Å². The van der Waals surface area contributed by atoms with Gasteiger partial charge in [0.15, 0.2) is 4.84 Å². The minimum atomic E-state index is -0.924. The number of alkyl halides is 2. The second kappa shape index (κ2) is 4.68. The smallest absolute Gasteiger partial charge is 0.214 e. The monoisotopic (exact) mass is 292 g/mol. The second-order valence-electron chi connectivity index (χ2n) is 6.35. The van der Waals surface area contributed by atoms with Gasteiger partial charge in [0.25, 0.3) is 0 Å². The summed E-state index contributed by atoms with van der Waals surface area (Å²) in [6.07, 6.45) is 0. The lowest BCUT2D eigenvalue weighted by atomic mass is 9.86. The Morgan fingerprint density at radius 3 is 1.59 bits per heavy atom. The molecule has 0 N–H and O–H groups in total. The molecule has 0 radical (unpaired) electrons. The van der Waals surface area contributed by atoms with Crippen molar-refractivity contribution in [2.24, 2.45) is 0 Å². The van der Waals surface area contributed by atoms with Crippen molar-refractivity contribution >= 4 is 36.9 Å². The van der Waals surface area contributed by atoms with Crippen molar-refractivity contribution in [2.45, 2.75) is 57.2 Å². The zero-order valence-electron chi connectivity index (χ0n) is 11.2. The van der Waals surface area contributed by atoms with Crippen LogP contribution in [-0.4, -0.2) is 10.4 Å². The lowest BCUT2D eigenvalue weighted by Gasteiger charge is -2.18. The van der Waals surface area contributed by atoms with Crippen LogP contribution in [0.25, 0.3) is 0 Å². The molecule has 1 aromatic rings. The van der Waals surface area contributed by atoms with Crippen molar-refractivity contribution in [3.63, 3.8) is 0 Å². The van der Waals surface area contributed by atoms with E-state index in [1.165, 1.54) is 11.1 Å². The molecule has 0 aliphatic heterocycles. The molecule has 1 rings (SSSR count). The van der Waals surface area contributed by atoms with Gasteiger partial charge in [-0.25, -0.2) is 0 Å². The van der Waals surface area contributed by atoms with Crippen LogP contribution in [0.5, 0.6) is 0 Å². The van der Waals surface area contributed by atoms with Gasteiger partial charge in [0.1, 0.15) is 0 Å². The van der Waals surface area contributed by atoms with Gasteiger partial charge in [-0.05, 0) is 30.2 Å². The van der Waals surface area contributed by atoms with E-state index < -0.39 is 4.84 Å². The molecule has 0 bridgehead atoms. The van der Waals surface area contributed by atoms with Crippen LogP contribution in [0.1, 0.15) is 52.7 Å². The number of carbonyl (C=O) groups excluding carboxylic acids is 1. The molecule has 17 heavy (non-hydrogen) atoms. The van der Waals surface area contributed by atoms with E-state index in [9.17, 15) is 4.79 Å². The van der Waals surface area contributed by atoms with Crippen LogP contribution in [0.15, 0.2) is 0 Å². The molecule has 1 aromatic carbocycles. The van der Waals surface area contributed by atoms with Gasteiger partial charge in [-0.2, -0.15) is 0 Å². The van der Waals surface area contributed by atoms with E-state index in [2.05, 4.69) is 41.5 Å². The molecule has 0 saturated carbocycles. The molecule has 0 fully saturated rings. The third-order valence-corrected chi connectivity index (χ3v) is 4.42. The van der Waals surface area contributed by atoms with E-state index >= 15 is 0 Å². The van der Waals surface area contributed by atoms with Crippen LogP contribution in [-0.2, 0) is 15.6 Å². The third-order valence-electron chi connectivity index (χ3n) is 2.57. The van der Waals surface area contributed by atoms with Gasteiger partial charge in [-0.3, -0.25) is 4.79 Å². The van der Waals surface area contributed by atoms with Crippen LogP contribution < -0.4 is 0 Å². The summed E-state index contributed by atoms with van der Waals surface area (Å²) in [7, 11) is 0.642.